The first-order valence-corrected chi connectivity index (χ1v) is 8.62. The molecule has 0 spiro atoms. The predicted molar refractivity (Wildman–Crippen MR) is 97.7 cm³/mol. The maximum Gasteiger partial charge on any atom is 0.159 e. The molecule has 0 aromatic heterocycles. The highest BCUT2D eigenvalue weighted by atomic mass is 16.5. The smallest absolute Gasteiger partial charge is 0.159 e. The summed E-state index contributed by atoms with van der Waals surface area (Å²) in [4.78, 5) is 11.3. The van der Waals surface area contributed by atoms with E-state index in [4.69, 9.17) is 9.47 Å². The quantitative estimate of drug-likeness (QED) is 0.448. The van der Waals surface area contributed by atoms with Gasteiger partial charge in [-0.1, -0.05) is 56.2 Å². The average Bonchev–Trinajstić information content (AvgIpc) is 2.61. The van der Waals surface area contributed by atoms with Gasteiger partial charge in [-0.05, 0) is 36.6 Å². The fraction of sp³-hybridized carbons (Fsp3) is 0.381. The van der Waals surface area contributed by atoms with E-state index in [0.717, 1.165) is 35.5 Å². The van der Waals surface area contributed by atoms with Gasteiger partial charge in [-0.2, -0.15) is 0 Å². The van der Waals surface area contributed by atoms with E-state index >= 15 is 0 Å². The van der Waals surface area contributed by atoms with Gasteiger partial charge in [0, 0.05) is 12.2 Å². The average molecular weight is 326 g/mol. The number of hydrogen-bond acceptors (Lipinski definition) is 3. The van der Waals surface area contributed by atoms with Crippen molar-refractivity contribution in [3.63, 3.8) is 0 Å². The van der Waals surface area contributed by atoms with Crippen LogP contribution in [0.15, 0.2) is 48.5 Å². The predicted octanol–water partition coefficient (Wildman–Crippen LogP) is 5.14. The lowest BCUT2D eigenvalue weighted by Crippen LogP contribution is -2.07. The maximum atomic E-state index is 11.3. The summed E-state index contributed by atoms with van der Waals surface area (Å²) in [5, 5.41) is 0. The number of rotatable bonds is 10. The molecule has 0 N–H and O–H groups in total. The Hall–Kier alpha value is -2.13. The fourth-order valence-corrected chi connectivity index (χ4v) is 2.42. The molecule has 0 aliphatic carbocycles. The molecule has 0 aliphatic rings. The molecule has 24 heavy (non-hydrogen) atoms. The van der Waals surface area contributed by atoms with Crippen molar-refractivity contribution in [3.05, 3.63) is 54.1 Å². The van der Waals surface area contributed by atoms with Crippen LogP contribution in [0.3, 0.4) is 0 Å². The molecule has 2 rings (SSSR count). The third-order valence-electron chi connectivity index (χ3n) is 3.87. The van der Waals surface area contributed by atoms with Crippen LogP contribution < -0.4 is 4.74 Å². The van der Waals surface area contributed by atoms with Crippen LogP contribution in [-0.2, 0) is 4.74 Å². The standard InChI is InChI=1S/C21H26O3/c1-3-4-5-14-23-15-16-24-21-12-10-20(11-13-21)19-8-6-18(7-9-19)17(2)22/h6-13H,3-5,14-16H2,1-2H3. The summed E-state index contributed by atoms with van der Waals surface area (Å²) in [5.74, 6) is 0.929. The van der Waals surface area contributed by atoms with Crippen LogP contribution in [0.5, 0.6) is 5.75 Å². The summed E-state index contributed by atoms with van der Waals surface area (Å²) in [6.07, 6.45) is 3.55. The summed E-state index contributed by atoms with van der Waals surface area (Å²) in [7, 11) is 0. The van der Waals surface area contributed by atoms with E-state index in [0.29, 0.717) is 13.2 Å². The van der Waals surface area contributed by atoms with Crippen LogP contribution in [0.25, 0.3) is 11.1 Å². The van der Waals surface area contributed by atoms with Crippen LogP contribution in [0.4, 0.5) is 0 Å². The minimum Gasteiger partial charge on any atom is -0.491 e. The number of hydrogen-bond donors (Lipinski definition) is 0. The van der Waals surface area contributed by atoms with Gasteiger partial charge >= 0.3 is 0 Å². The Morgan fingerprint density at radius 2 is 1.46 bits per heavy atom. The summed E-state index contributed by atoms with van der Waals surface area (Å²) in [5.41, 5.74) is 2.93. The Balaban J connectivity index is 1.79. The summed E-state index contributed by atoms with van der Waals surface area (Å²) in [6, 6.07) is 15.6. The lowest BCUT2D eigenvalue weighted by atomic mass is 10.0. The van der Waals surface area contributed by atoms with Gasteiger partial charge in [0.25, 0.3) is 0 Å². The van der Waals surface area contributed by atoms with Gasteiger partial charge < -0.3 is 9.47 Å². The van der Waals surface area contributed by atoms with Crippen molar-refractivity contribution < 1.29 is 14.3 Å². The van der Waals surface area contributed by atoms with Crippen LogP contribution in [-0.4, -0.2) is 25.6 Å². The van der Waals surface area contributed by atoms with E-state index in [9.17, 15) is 4.79 Å². The topological polar surface area (TPSA) is 35.5 Å². The zero-order chi connectivity index (χ0) is 17.2. The van der Waals surface area contributed by atoms with E-state index in [2.05, 4.69) is 6.92 Å². The molecule has 0 saturated heterocycles. The Morgan fingerprint density at radius 3 is 2.04 bits per heavy atom. The minimum atomic E-state index is 0.0854. The van der Waals surface area contributed by atoms with Crippen molar-refractivity contribution in [1.29, 1.82) is 0 Å². The highest BCUT2D eigenvalue weighted by Crippen LogP contribution is 2.23. The molecule has 0 amide bonds. The lowest BCUT2D eigenvalue weighted by Gasteiger charge is -2.08. The zero-order valence-electron chi connectivity index (χ0n) is 14.6. The number of carbonyl (C=O) groups is 1. The number of carbonyl (C=O) groups excluding carboxylic acids is 1. The molecule has 0 unspecified atom stereocenters. The van der Waals surface area contributed by atoms with Crippen molar-refractivity contribution in [2.24, 2.45) is 0 Å². The Bertz CT molecular complexity index is 615. The molecule has 0 fully saturated rings. The van der Waals surface area contributed by atoms with E-state index in [1.807, 2.05) is 48.5 Å². The van der Waals surface area contributed by atoms with Crippen molar-refractivity contribution in [2.45, 2.75) is 33.1 Å². The van der Waals surface area contributed by atoms with Crippen LogP contribution >= 0.6 is 0 Å². The van der Waals surface area contributed by atoms with Gasteiger partial charge in [-0.3, -0.25) is 4.79 Å². The first-order chi connectivity index (χ1) is 11.7. The largest absolute Gasteiger partial charge is 0.491 e. The zero-order valence-corrected chi connectivity index (χ0v) is 14.6. The van der Waals surface area contributed by atoms with Crippen molar-refractivity contribution in [2.75, 3.05) is 19.8 Å². The third-order valence-corrected chi connectivity index (χ3v) is 3.87. The molecular weight excluding hydrogens is 300 g/mol. The highest BCUT2D eigenvalue weighted by molar-refractivity contribution is 5.94. The number of benzene rings is 2. The van der Waals surface area contributed by atoms with Gasteiger partial charge in [-0.15, -0.1) is 0 Å². The van der Waals surface area contributed by atoms with Crippen LogP contribution in [0, 0.1) is 0 Å². The molecule has 0 atom stereocenters. The number of ketones is 1. The van der Waals surface area contributed by atoms with Gasteiger partial charge in [0.2, 0.25) is 0 Å². The Morgan fingerprint density at radius 1 is 0.833 bits per heavy atom. The molecule has 0 heterocycles. The highest BCUT2D eigenvalue weighted by Gasteiger charge is 2.02. The molecule has 0 radical (unpaired) electrons. The summed E-state index contributed by atoms with van der Waals surface area (Å²) >= 11 is 0. The number of Topliss-reactive ketones (excluding diaryl/α,β-unsaturated/α-hetero) is 1. The summed E-state index contributed by atoms with van der Waals surface area (Å²) < 4.78 is 11.2. The third kappa shape index (κ3) is 5.82. The number of unbranched alkanes of at least 4 members (excludes halogenated alkanes) is 2. The molecule has 0 bridgehead atoms. The van der Waals surface area contributed by atoms with Crippen LogP contribution in [0.2, 0.25) is 0 Å². The molecular formula is C21H26O3. The van der Waals surface area contributed by atoms with Crippen LogP contribution in [0.1, 0.15) is 43.5 Å². The molecule has 128 valence electrons. The Labute approximate surface area is 144 Å². The molecule has 2 aromatic carbocycles. The fourth-order valence-electron chi connectivity index (χ4n) is 2.42. The summed E-state index contributed by atoms with van der Waals surface area (Å²) in [6.45, 7) is 5.77. The van der Waals surface area contributed by atoms with Crippen molar-refractivity contribution in [1.82, 2.24) is 0 Å². The van der Waals surface area contributed by atoms with Gasteiger partial charge in [0.1, 0.15) is 12.4 Å². The number of ether oxygens (including phenoxy) is 2. The van der Waals surface area contributed by atoms with E-state index in [1.54, 1.807) is 6.92 Å². The molecule has 3 nitrogen and oxygen atoms in total. The van der Waals surface area contributed by atoms with Gasteiger partial charge in [0.15, 0.2) is 5.78 Å². The molecule has 2 aromatic rings. The first-order valence-electron chi connectivity index (χ1n) is 8.62. The van der Waals surface area contributed by atoms with E-state index < -0.39 is 0 Å². The van der Waals surface area contributed by atoms with Crippen molar-refractivity contribution in [3.8, 4) is 16.9 Å². The second kappa shape index (κ2) is 9.89. The molecule has 0 aliphatic heterocycles. The molecule has 0 saturated carbocycles. The normalized spacial score (nSPS) is 10.6. The minimum absolute atomic E-state index is 0.0854. The molecule has 3 heteroatoms. The maximum absolute atomic E-state index is 11.3. The van der Waals surface area contributed by atoms with Gasteiger partial charge in [-0.25, -0.2) is 0 Å². The second-order valence-corrected chi connectivity index (χ2v) is 5.83. The lowest BCUT2D eigenvalue weighted by molar-refractivity contribution is 0.0973. The second-order valence-electron chi connectivity index (χ2n) is 5.83. The van der Waals surface area contributed by atoms with Crippen molar-refractivity contribution >= 4 is 5.78 Å². The monoisotopic (exact) mass is 326 g/mol. The SMILES string of the molecule is CCCCCOCCOc1ccc(-c2ccc(C(C)=O)cc2)cc1. The first kappa shape index (κ1) is 18.2. The van der Waals surface area contributed by atoms with Gasteiger partial charge in [0.05, 0.1) is 6.61 Å². The van der Waals surface area contributed by atoms with E-state index in [-0.39, 0.29) is 5.78 Å². The Kier molecular flexibility index (Phi) is 7.50. The van der Waals surface area contributed by atoms with E-state index in [1.165, 1.54) is 12.8 Å².